The molecule has 2 heterocycles. The van der Waals surface area contributed by atoms with Crippen LogP contribution in [0.4, 0.5) is 5.82 Å². The van der Waals surface area contributed by atoms with Gasteiger partial charge < -0.3 is 19.5 Å². The molecular formula is C22H21N3O4. The van der Waals surface area contributed by atoms with Gasteiger partial charge in [-0.05, 0) is 24.5 Å². The Morgan fingerprint density at radius 1 is 1.28 bits per heavy atom. The zero-order valence-electron chi connectivity index (χ0n) is 16.0. The third-order valence-electron chi connectivity index (χ3n) is 4.61. The van der Waals surface area contributed by atoms with Crippen molar-refractivity contribution in [3.05, 3.63) is 94.7 Å². The average molecular weight is 391 g/mol. The van der Waals surface area contributed by atoms with E-state index >= 15 is 0 Å². The fourth-order valence-electron chi connectivity index (χ4n) is 3.10. The van der Waals surface area contributed by atoms with Crippen LogP contribution in [0.5, 0.6) is 5.75 Å². The van der Waals surface area contributed by atoms with Crippen LogP contribution < -0.4 is 15.6 Å². The van der Waals surface area contributed by atoms with E-state index in [0.717, 1.165) is 29.7 Å². The molecule has 4 rings (SSSR count). The normalized spacial score (nSPS) is 15.4. The highest BCUT2D eigenvalue weighted by Crippen LogP contribution is 2.27. The number of hydrogen-bond acceptors (Lipinski definition) is 6. The minimum atomic E-state index is -0.337. The molecule has 0 amide bonds. The lowest BCUT2D eigenvalue weighted by Crippen LogP contribution is -2.25. The molecule has 148 valence electrons. The zero-order valence-corrected chi connectivity index (χ0v) is 16.0. The SMILES string of the molecule is COc1ccccc1CNc1nccn(C2=COC=C(C3=CC=CCC3)O2)c1=O. The van der Waals surface area contributed by atoms with Crippen LogP contribution in [0.1, 0.15) is 18.4 Å². The van der Waals surface area contributed by atoms with Crippen molar-refractivity contribution in [1.82, 2.24) is 9.55 Å². The summed E-state index contributed by atoms with van der Waals surface area (Å²) in [6, 6.07) is 7.61. The summed E-state index contributed by atoms with van der Waals surface area (Å²) in [6.07, 6.45) is 13.9. The van der Waals surface area contributed by atoms with E-state index in [9.17, 15) is 4.79 Å². The van der Waals surface area contributed by atoms with Crippen LogP contribution in [0, 0.1) is 0 Å². The number of anilines is 1. The molecule has 1 aliphatic carbocycles. The van der Waals surface area contributed by atoms with Gasteiger partial charge in [0.2, 0.25) is 5.88 Å². The monoisotopic (exact) mass is 391 g/mol. The highest BCUT2D eigenvalue weighted by atomic mass is 16.6. The largest absolute Gasteiger partial charge is 0.496 e. The van der Waals surface area contributed by atoms with Gasteiger partial charge in [0, 0.05) is 24.5 Å². The van der Waals surface area contributed by atoms with Crippen LogP contribution in [-0.2, 0) is 16.0 Å². The summed E-state index contributed by atoms with van der Waals surface area (Å²) >= 11 is 0. The Balaban J connectivity index is 1.52. The second-order valence-corrected chi connectivity index (χ2v) is 6.45. The molecule has 1 aliphatic heterocycles. The summed E-state index contributed by atoms with van der Waals surface area (Å²) in [6.45, 7) is 0.400. The van der Waals surface area contributed by atoms with E-state index in [1.54, 1.807) is 19.6 Å². The van der Waals surface area contributed by atoms with Crippen molar-refractivity contribution < 1.29 is 14.2 Å². The molecule has 1 aromatic heterocycles. The van der Waals surface area contributed by atoms with Crippen LogP contribution in [0.3, 0.4) is 0 Å². The molecule has 0 saturated heterocycles. The minimum Gasteiger partial charge on any atom is -0.496 e. The second-order valence-electron chi connectivity index (χ2n) is 6.45. The molecule has 0 spiro atoms. The number of allylic oxidation sites excluding steroid dienone is 4. The van der Waals surface area contributed by atoms with Gasteiger partial charge in [-0.25, -0.2) is 9.55 Å². The van der Waals surface area contributed by atoms with E-state index in [-0.39, 0.29) is 17.3 Å². The predicted octanol–water partition coefficient (Wildman–Crippen LogP) is 3.78. The van der Waals surface area contributed by atoms with Crippen molar-refractivity contribution in [2.24, 2.45) is 0 Å². The number of para-hydroxylation sites is 1. The Bertz CT molecular complexity index is 1080. The molecule has 7 heteroatoms. The Kier molecular flexibility index (Phi) is 5.47. The molecule has 2 aliphatic rings. The molecule has 0 saturated carbocycles. The van der Waals surface area contributed by atoms with E-state index in [0.29, 0.717) is 12.3 Å². The molecule has 2 aromatic rings. The van der Waals surface area contributed by atoms with Crippen molar-refractivity contribution in [3.8, 4) is 5.75 Å². The van der Waals surface area contributed by atoms with E-state index in [4.69, 9.17) is 14.2 Å². The van der Waals surface area contributed by atoms with Gasteiger partial charge in [-0.2, -0.15) is 0 Å². The van der Waals surface area contributed by atoms with Crippen molar-refractivity contribution >= 4 is 11.7 Å². The molecule has 0 fully saturated rings. The summed E-state index contributed by atoms with van der Waals surface area (Å²) in [7, 11) is 1.61. The molecule has 0 atom stereocenters. The highest BCUT2D eigenvalue weighted by molar-refractivity contribution is 5.46. The van der Waals surface area contributed by atoms with Gasteiger partial charge in [-0.15, -0.1) is 0 Å². The number of nitrogens with one attached hydrogen (secondary N) is 1. The first-order chi connectivity index (χ1) is 14.3. The summed E-state index contributed by atoms with van der Waals surface area (Å²) < 4.78 is 18.1. The minimum absolute atomic E-state index is 0.207. The summed E-state index contributed by atoms with van der Waals surface area (Å²) in [5.74, 6) is 1.83. The number of aromatic nitrogens is 2. The summed E-state index contributed by atoms with van der Waals surface area (Å²) in [5.41, 5.74) is 1.61. The quantitative estimate of drug-likeness (QED) is 0.808. The van der Waals surface area contributed by atoms with Gasteiger partial charge in [0.15, 0.2) is 17.8 Å². The smallest absolute Gasteiger partial charge is 0.300 e. The fraction of sp³-hybridized carbons (Fsp3) is 0.182. The van der Waals surface area contributed by atoms with Crippen LogP contribution >= 0.6 is 0 Å². The van der Waals surface area contributed by atoms with Gasteiger partial charge >= 0.3 is 0 Å². The Labute approximate surface area is 168 Å². The lowest BCUT2D eigenvalue weighted by atomic mass is 10.0. The molecule has 1 aromatic carbocycles. The average Bonchev–Trinajstić information content (AvgIpc) is 2.79. The van der Waals surface area contributed by atoms with Crippen LogP contribution in [0.25, 0.3) is 5.88 Å². The van der Waals surface area contributed by atoms with Gasteiger partial charge in [-0.3, -0.25) is 4.79 Å². The molecule has 1 N–H and O–H groups in total. The van der Waals surface area contributed by atoms with Gasteiger partial charge in [0.05, 0.1) is 7.11 Å². The fourth-order valence-corrected chi connectivity index (χ4v) is 3.10. The molecule has 29 heavy (non-hydrogen) atoms. The first kappa shape index (κ1) is 18.6. The highest BCUT2D eigenvalue weighted by Gasteiger charge is 2.18. The lowest BCUT2D eigenvalue weighted by Gasteiger charge is -2.20. The molecule has 7 nitrogen and oxygen atoms in total. The number of nitrogens with zero attached hydrogens (tertiary/aromatic N) is 2. The van der Waals surface area contributed by atoms with Gasteiger partial charge in [0.25, 0.3) is 5.56 Å². The van der Waals surface area contributed by atoms with E-state index < -0.39 is 0 Å². The van der Waals surface area contributed by atoms with E-state index in [1.807, 2.05) is 36.4 Å². The standard InChI is InChI=1S/C22H21N3O4/c1-27-18-10-6-5-9-17(18)13-24-21-22(26)25(12-11-23-21)20-15-28-14-19(29-20)16-7-3-2-4-8-16/h2-3,5-7,9-12,14-15H,4,8,13H2,1H3,(H,23,24). The third kappa shape index (κ3) is 4.08. The van der Waals surface area contributed by atoms with Gasteiger partial charge in [0.1, 0.15) is 12.0 Å². The van der Waals surface area contributed by atoms with E-state index in [1.165, 1.54) is 17.0 Å². The maximum atomic E-state index is 12.9. The van der Waals surface area contributed by atoms with Crippen molar-refractivity contribution in [2.45, 2.75) is 19.4 Å². The van der Waals surface area contributed by atoms with Crippen LogP contribution in [-0.4, -0.2) is 16.7 Å². The maximum absolute atomic E-state index is 12.9. The number of benzene rings is 1. The van der Waals surface area contributed by atoms with Crippen molar-refractivity contribution in [1.29, 1.82) is 0 Å². The second kappa shape index (κ2) is 8.52. The number of rotatable bonds is 6. The first-order valence-electron chi connectivity index (χ1n) is 9.30. The maximum Gasteiger partial charge on any atom is 0.300 e. The Morgan fingerprint density at radius 2 is 2.17 bits per heavy atom. The lowest BCUT2D eigenvalue weighted by molar-refractivity contribution is 0.268. The topological polar surface area (TPSA) is 74.6 Å². The molecule has 0 bridgehead atoms. The predicted molar refractivity (Wildman–Crippen MR) is 110 cm³/mol. The summed E-state index contributed by atoms with van der Waals surface area (Å²) in [5, 5.41) is 3.07. The number of methoxy groups -OCH3 is 1. The Hall–Kier alpha value is -3.74. The molecular weight excluding hydrogens is 370 g/mol. The molecule has 0 unspecified atom stereocenters. The van der Waals surface area contributed by atoms with Gasteiger partial charge in [-0.1, -0.05) is 36.4 Å². The summed E-state index contributed by atoms with van der Waals surface area (Å²) in [4.78, 5) is 17.1. The Morgan fingerprint density at radius 3 is 3.00 bits per heavy atom. The van der Waals surface area contributed by atoms with E-state index in [2.05, 4.69) is 16.4 Å². The molecule has 0 radical (unpaired) electrons. The van der Waals surface area contributed by atoms with Crippen molar-refractivity contribution in [2.75, 3.05) is 12.4 Å². The van der Waals surface area contributed by atoms with Crippen LogP contribution in [0.15, 0.2) is 83.5 Å². The number of hydrogen-bond donors (Lipinski definition) is 1. The van der Waals surface area contributed by atoms with Crippen LogP contribution in [0.2, 0.25) is 0 Å². The zero-order chi connectivity index (χ0) is 20.1. The third-order valence-corrected chi connectivity index (χ3v) is 4.61. The number of ether oxygens (including phenoxy) is 3. The first-order valence-corrected chi connectivity index (χ1v) is 9.30. The van der Waals surface area contributed by atoms with Crippen molar-refractivity contribution in [3.63, 3.8) is 0 Å².